The summed E-state index contributed by atoms with van der Waals surface area (Å²) < 4.78 is 6.19. The van der Waals surface area contributed by atoms with Crippen LogP contribution >= 0.6 is 0 Å². The molecule has 12 nitrogen and oxygen atoms in total. The van der Waals surface area contributed by atoms with Gasteiger partial charge in [0.25, 0.3) is 5.91 Å². The zero-order valence-electron chi connectivity index (χ0n) is 26.4. The number of hydroxylamine groups is 1. The highest BCUT2D eigenvalue weighted by Crippen LogP contribution is 2.23. The Bertz CT molecular complexity index is 1720. The molecule has 4 aromatic rings. The van der Waals surface area contributed by atoms with Gasteiger partial charge in [-0.3, -0.25) is 29.3 Å². The second-order valence-corrected chi connectivity index (χ2v) is 11.5. The van der Waals surface area contributed by atoms with Gasteiger partial charge in [0.1, 0.15) is 6.04 Å². The van der Waals surface area contributed by atoms with Crippen molar-refractivity contribution in [3.05, 3.63) is 107 Å². The van der Waals surface area contributed by atoms with Crippen LogP contribution in [-0.4, -0.2) is 52.6 Å². The van der Waals surface area contributed by atoms with Gasteiger partial charge in [0.2, 0.25) is 11.8 Å². The molecule has 4 N–H and O–H groups in total. The third-order valence-electron chi connectivity index (χ3n) is 7.45. The van der Waals surface area contributed by atoms with Crippen molar-refractivity contribution in [2.45, 2.75) is 45.8 Å². The summed E-state index contributed by atoms with van der Waals surface area (Å²) in [7, 11) is 1.27. The number of ether oxygens (including phenoxy) is 1. The zero-order chi connectivity index (χ0) is 33.9. The Morgan fingerprint density at radius 1 is 0.872 bits per heavy atom. The van der Waals surface area contributed by atoms with Crippen LogP contribution < -0.4 is 16.2 Å². The predicted octanol–water partition coefficient (Wildman–Crippen LogP) is 4.22. The lowest BCUT2D eigenvalue weighted by molar-refractivity contribution is -0.143. The average molecular weight is 643 g/mol. The number of fused-ring (bicyclic) bond motifs is 1. The Labute approximate surface area is 272 Å². The van der Waals surface area contributed by atoms with E-state index in [0.29, 0.717) is 34.0 Å². The molecular weight excluding hydrogens is 604 g/mol. The van der Waals surface area contributed by atoms with Gasteiger partial charge in [0.15, 0.2) is 0 Å². The number of aromatic nitrogens is 1. The molecule has 2 atom stereocenters. The van der Waals surface area contributed by atoms with Gasteiger partial charge in [0, 0.05) is 35.9 Å². The summed E-state index contributed by atoms with van der Waals surface area (Å²) in [6, 6.07) is 21.0. The molecule has 0 spiro atoms. The standard InChI is InChI=1S/C35H38N4O8/c1-22(2)17-26(19-31(40)38-47-21-23-9-5-4-6-10-23)32(41)36-29(34(43)44)18-27-20-39(30-12-8-7-11-28(27)30)37-33(42)24-13-15-25(16-14-24)35(45)46-3/h4-16,20,22,26,29H,17-19,21H2,1-3H3,(H,36,41)(H,37,42)(H,38,40)(H,43,44)/t26?,29-/m0/s1. The largest absolute Gasteiger partial charge is 0.480 e. The highest BCUT2D eigenvalue weighted by atomic mass is 16.6. The second-order valence-electron chi connectivity index (χ2n) is 11.5. The Morgan fingerprint density at radius 2 is 1.53 bits per heavy atom. The number of carbonyl (C=O) groups is 5. The van der Waals surface area contributed by atoms with E-state index in [1.54, 1.807) is 30.5 Å². The maximum atomic E-state index is 13.4. The van der Waals surface area contributed by atoms with Crippen LogP contribution in [0.25, 0.3) is 10.9 Å². The van der Waals surface area contributed by atoms with E-state index in [1.807, 2.05) is 44.2 Å². The first-order chi connectivity index (χ1) is 22.5. The fourth-order valence-electron chi connectivity index (χ4n) is 5.16. The van der Waals surface area contributed by atoms with Gasteiger partial charge in [-0.1, -0.05) is 62.4 Å². The molecule has 1 aromatic heterocycles. The predicted molar refractivity (Wildman–Crippen MR) is 174 cm³/mol. The minimum atomic E-state index is -1.31. The van der Waals surface area contributed by atoms with Crippen LogP contribution in [-0.2, 0) is 37.0 Å². The van der Waals surface area contributed by atoms with Crippen LogP contribution in [0.2, 0.25) is 0 Å². The van der Waals surface area contributed by atoms with E-state index in [-0.39, 0.29) is 25.4 Å². The van der Waals surface area contributed by atoms with E-state index < -0.39 is 41.6 Å². The van der Waals surface area contributed by atoms with Crippen molar-refractivity contribution >= 4 is 40.6 Å². The van der Waals surface area contributed by atoms with Gasteiger partial charge in [-0.25, -0.2) is 15.1 Å². The lowest BCUT2D eigenvalue weighted by atomic mass is 9.92. The number of nitrogens with one attached hydrogen (secondary N) is 3. The number of carboxylic acid groups (broad SMARTS) is 1. The number of nitrogens with zero attached hydrogens (tertiary/aromatic N) is 1. The smallest absolute Gasteiger partial charge is 0.337 e. The highest BCUT2D eigenvalue weighted by molar-refractivity contribution is 6.02. The summed E-state index contributed by atoms with van der Waals surface area (Å²) >= 11 is 0. The molecule has 3 aromatic carbocycles. The first-order valence-electron chi connectivity index (χ1n) is 15.1. The van der Waals surface area contributed by atoms with Crippen LogP contribution in [0.1, 0.15) is 58.5 Å². The van der Waals surface area contributed by atoms with Crippen molar-refractivity contribution < 1.29 is 38.7 Å². The van der Waals surface area contributed by atoms with Gasteiger partial charge >= 0.3 is 11.9 Å². The van der Waals surface area contributed by atoms with Gasteiger partial charge in [-0.2, -0.15) is 0 Å². The monoisotopic (exact) mass is 642 g/mol. The molecule has 4 rings (SSSR count). The number of methoxy groups -OCH3 is 1. The van der Waals surface area contributed by atoms with Crippen LogP contribution in [0, 0.1) is 11.8 Å². The molecule has 1 unspecified atom stereocenters. The molecule has 0 bridgehead atoms. The number of benzene rings is 3. The van der Waals surface area contributed by atoms with E-state index in [0.717, 1.165) is 5.56 Å². The normalized spacial score (nSPS) is 12.3. The van der Waals surface area contributed by atoms with Crippen molar-refractivity contribution in [1.29, 1.82) is 0 Å². The Kier molecular flexibility index (Phi) is 11.8. The average Bonchev–Trinajstić information content (AvgIpc) is 3.40. The minimum Gasteiger partial charge on any atom is -0.480 e. The van der Waals surface area contributed by atoms with Crippen molar-refractivity contribution in [2.24, 2.45) is 11.8 Å². The number of hydrogen-bond acceptors (Lipinski definition) is 7. The number of para-hydroxylation sites is 1. The molecule has 0 aliphatic rings. The summed E-state index contributed by atoms with van der Waals surface area (Å²) in [6.07, 6.45) is 1.70. The van der Waals surface area contributed by atoms with Gasteiger partial charge < -0.3 is 15.2 Å². The van der Waals surface area contributed by atoms with Crippen LogP contribution in [0.3, 0.4) is 0 Å². The van der Waals surface area contributed by atoms with Crippen molar-refractivity contribution in [2.75, 3.05) is 12.5 Å². The number of aliphatic carboxylic acids is 1. The van der Waals surface area contributed by atoms with Gasteiger partial charge in [-0.15, -0.1) is 0 Å². The summed E-state index contributed by atoms with van der Waals surface area (Å²) in [5, 5.41) is 13.4. The van der Waals surface area contributed by atoms with Crippen LogP contribution in [0.5, 0.6) is 0 Å². The SMILES string of the molecule is COC(=O)c1ccc(C(=O)Nn2cc(C[C@H](NC(=O)C(CC(=O)NOCc3ccccc3)CC(C)C)C(=O)O)c3ccccc32)cc1. The molecule has 0 fully saturated rings. The number of rotatable bonds is 15. The van der Waals surface area contributed by atoms with E-state index >= 15 is 0 Å². The third-order valence-corrected chi connectivity index (χ3v) is 7.45. The third kappa shape index (κ3) is 9.50. The van der Waals surface area contributed by atoms with Gasteiger partial charge in [-0.05, 0) is 53.8 Å². The van der Waals surface area contributed by atoms with E-state index in [9.17, 15) is 29.1 Å². The quantitative estimate of drug-likeness (QED) is 0.111. The first kappa shape index (κ1) is 34.4. The van der Waals surface area contributed by atoms with Crippen molar-refractivity contribution in [1.82, 2.24) is 15.5 Å². The summed E-state index contributed by atoms with van der Waals surface area (Å²) in [5.41, 5.74) is 7.80. The Balaban J connectivity index is 1.45. The number of carboxylic acids is 1. The lowest BCUT2D eigenvalue weighted by Crippen LogP contribution is -2.46. The fourth-order valence-corrected chi connectivity index (χ4v) is 5.16. The summed E-state index contributed by atoms with van der Waals surface area (Å²) in [5.74, 6) is -4.01. The summed E-state index contributed by atoms with van der Waals surface area (Å²) in [4.78, 5) is 68.5. The van der Waals surface area contributed by atoms with Gasteiger partial charge in [0.05, 0.1) is 24.8 Å². The Hall–Kier alpha value is -5.49. The molecule has 0 radical (unpaired) electrons. The molecule has 0 saturated carbocycles. The molecule has 0 aliphatic heterocycles. The molecule has 12 heteroatoms. The molecule has 0 saturated heterocycles. The van der Waals surface area contributed by atoms with E-state index in [1.165, 1.54) is 36.1 Å². The lowest BCUT2D eigenvalue weighted by Gasteiger charge is -2.21. The number of esters is 1. The highest BCUT2D eigenvalue weighted by Gasteiger charge is 2.29. The number of carbonyl (C=O) groups excluding carboxylic acids is 4. The minimum absolute atomic E-state index is 0.0605. The topological polar surface area (TPSA) is 165 Å². The molecule has 47 heavy (non-hydrogen) atoms. The molecular formula is C35H38N4O8. The number of hydrogen-bond donors (Lipinski definition) is 4. The summed E-state index contributed by atoms with van der Waals surface area (Å²) in [6.45, 7) is 3.98. The molecule has 3 amide bonds. The van der Waals surface area contributed by atoms with Crippen LogP contribution in [0.4, 0.5) is 0 Å². The fraction of sp³-hybridized carbons (Fsp3) is 0.286. The Morgan fingerprint density at radius 3 is 2.19 bits per heavy atom. The molecule has 1 heterocycles. The van der Waals surface area contributed by atoms with E-state index in [4.69, 9.17) is 9.57 Å². The van der Waals surface area contributed by atoms with Crippen LogP contribution in [0.15, 0.2) is 85.1 Å². The van der Waals surface area contributed by atoms with Crippen molar-refractivity contribution in [3.63, 3.8) is 0 Å². The van der Waals surface area contributed by atoms with E-state index in [2.05, 4.69) is 16.2 Å². The zero-order valence-corrected chi connectivity index (χ0v) is 26.4. The van der Waals surface area contributed by atoms with Crippen molar-refractivity contribution in [3.8, 4) is 0 Å². The molecule has 0 aliphatic carbocycles. The number of amides is 3. The first-order valence-corrected chi connectivity index (χ1v) is 15.1. The maximum absolute atomic E-state index is 13.4. The second kappa shape index (κ2) is 16.2. The maximum Gasteiger partial charge on any atom is 0.337 e. The molecule has 246 valence electrons.